The summed E-state index contributed by atoms with van der Waals surface area (Å²) in [5.41, 5.74) is 13.1. The van der Waals surface area contributed by atoms with Gasteiger partial charge >= 0.3 is 0 Å². The van der Waals surface area contributed by atoms with Crippen LogP contribution in [0.25, 0.3) is 11.1 Å². The molecule has 0 aromatic heterocycles. The number of hydrogen-bond acceptors (Lipinski definition) is 2. The third-order valence-electron chi connectivity index (χ3n) is 6.37. The van der Waals surface area contributed by atoms with Crippen LogP contribution in [0.15, 0.2) is 0 Å². The maximum Gasteiger partial charge on any atom is 0.140 e. The molecule has 0 aliphatic carbocycles. The third-order valence-corrected chi connectivity index (χ3v) is 6.37. The molecule has 0 saturated carbocycles. The van der Waals surface area contributed by atoms with Gasteiger partial charge in [0.05, 0.1) is 0 Å². The van der Waals surface area contributed by atoms with E-state index in [1.807, 2.05) is 0 Å². The summed E-state index contributed by atoms with van der Waals surface area (Å²) in [5, 5.41) is 2.62. The van der Waals surface area contributed by atoms with Gasteiger partial charge in [-0.3, -0.25) is 0 Å². The van der Waals surface area contributed by atoms with Crippen molar-refractivity contribution in [2.24, 2.45) is 0 Å². The van der Waals surface area contributed by atoms with Crippen molar-refractivity contribution in [1.29, 1.82) is 0 Å². The van der Waals surface area contributed by atoms with Gasteiger partial charge in [-0.15, -0.1) is 0 Å². The molecule has 2 aromatic carbocycles. The molecule has 1 heterocycles. The van der Waals surface area contributed by atoms with Crippen LogP contribution in [0.5, 0.6) is 11.5 Å². The number of nitrogens with zero attached hydrogens (tertiary/aromatic N) is 1. The first-order valence-corrected chi connectivity index (χ1v) is 9.78. The lowest BCUT2D eigenvalue weighted by Crippen LogP contribution is -2.29. The SMILES string of the molecule is CC(C)=c1c(C)c(C)c2c(c1C)Oc1c(C)c(N(C)C)c(C)c(C)c1C=2C. The van der Waals surface area contributed by atoms with Crippen LogP contribution in [-0.2, 0) is 0 Å². The first-order valence-electron chi connectivity index (χ1n) is 9.78. The van der Waals surface area contributed by atoms with Crippen LogP contribution in [0.4, 0.5) is 5.69 Å². The van der Waals surface area contributed by atoms with E-state index in [0.717, 1.165) is 11.5 Å². The minimum Gasteiger partial charge on any atom is -0.455 e. The van der Waals surface area contributed by atoms with Crippen molar-refractivity contribution < 1.29 is 4.74 Å². The van der Waals surface area contributed by atoms with Crippen molar-refractivity contribution in [2.45, 2.75) is 62.3 Å². The second-order valence-corrected chi connectivity index (χ2v) is 8.50. The normalized spacial score (nSPS) is 12.5. The molecule has 144 valence electrons. The van der Waals surface area contributed by atoms with Crippen LogP contribution in [0.1, 0.15) is 59.7 Å². The summed E-state index contributed by atoms with van der Waals surface area (Å²) < 4.78 is 6.70. The molecular weight excluding hydrogens is 330 g/mol. The van der Waals surface area contributed by atoms with E-state index < -0.39 is 0 Å². The first kappa shape index (κ1) is 19.5. The Kier molecular flexibility index (Phi) is 4.66. The van der Waals surface area contributed by atoms with Crippen LogP contribution in [0.2, 0.25) is 0 Å². The van der Waals surface area contributed by atoms with E-state index in [-0.39, 0.29) is 0 Å². The molecule has 0 unspecified atom stereocenters. The minimum atomic E-state index is 1.03. The molecule has 0 spiro atoms. The molecule has 1 aliphatic heterocycles. The van der Waals surface area contributed by atoms with Crippen LogP contribution < -0.4 is 20.1 Å². The van der Waals surface area contributed by atoms with Gasteiger partial charge < -0.3 is 9.64 Å². The fourth-order valence-electron chi connectivity index (χ4n) is 5.05. The summed E-state index contributed by atoms with van der Waals surface area (Å²) in [6.45, 7) is 20.0. The smallest absolute Gasteiger partial charge is 0.140 e. The van der Waals surface area contributed by atoms with Crippen molar-refractivity contribution in [1.82, 2.24) is 0 Å². The summed E-state index contributed by atoms with van der Waals surface area (Å²) >= 11 is 0. The number of rotatable bonds is 1. The van der Waals surface area contributed by atoms with Crippen LogP contribution in [0.3, 0.4) is 0 Å². The Morgan fingerprint density at radius 2 is 1.26 bits per heavy atom. The van der Waals surface area contributed by atoms with Crippen molar-refractivity contribution in [3.8, 4) is 11.5 Å². The molecular formula is C25H33NO. The standard InChI is InChI=1S/C25H33NO/c1-12(2)20-13(3)14(4)21-17(7)22-15(5)16(6)23(26(10)11)19(9)25(22)27-24(21)18(20)8/h1-11H3. The molecule has 0 radical (unpaired) electrons. The van der Waals surface area contributed by atoms with Crippen molar-refractivity contribution in [3.63, 3.8) is 0 Å². The Balaban J connectivity index is 2.59. The summed E-state index contributed by atoms with van der Waals surface area (Å²) in [6.07, 6.45) is 0. The number of benzene rings is 2. The topological polar surface area (TPSA) is 12.5 Å². The molecule has 2 nitrogen and oxygen atoms in total. The van der Waals surface area contributed by atoms with E-state index in [2.05, 4.69) is 81.3 Å². The van der Waals surface area contributed by atoms with E-state index in [4.69, 9.17) is 4.74 Å². The zero-order valence-electron chi connectivity index (χ0n) is 18.9. The molecule has 0 atom stereocenters. The summed E-state index contributed by atoms with van der Waals surface area (Å²) in [4.78, 5) is 2.20. The Morgan fingerprint density at radius 3 is 1.78 bits per heavy atom. The predicted molar refractivity (Wildman–Crippen MR) is 118 cm³/mol. The molecule has 0 saturated heterocycles. The van der Waals surface area contributed by atoms with Gasteiger partial charge in [0, 0.05) is 36.1 Å². The van der Waals surface area contributed by atoms with Gasteiger partial charge in [0.1, 0.15) is 11.5 Å². The molecule has 0 bridgehead atoms. The van der Waals surface area contributed by atoms with Gasteiger partial charge in [-0.2, -0.15) is 0 Å². The lowest BCUT2D eigenvalue weighted by Gasteiger charge is -2.30. The van der Waals surface area contributed by atoms with E-state index in [0.29, 0.717) is 0 Å². The quantitative estimate of drug-likeness (QED) is 0.697. The predicted octanol–water partition coefficient (Wildman–Crippen LogP) is 5.12. The van der Waals surface area contributed by atoms with Gasteiger partial charge in [-0.25, -0.2) is 0 Å². The largest absolute Gasteiger partial charge is 0.455 e. The number of anilines is 1. The van der Waals surface area contributed by atoms with Gasteiger partial charge in [0.25, 0.3) is 0 Å². The monoisotopic (exact) mass is 363 g/mol. The third kappa shape index (κ3) is 2.61. The highest BCUT2D eigenvalue weighted by atomic mass is 16.5. The average Bonchev–Trinajstić information content (AvgIpc) is 2.56. The second-order valence-electron chi connectivity index (χ2n) is 8.50. The highest BCUT2D eigenvalue weighted by Crippen LogP contribution is 2.44. The maximum atomic E-state index is 6.70. The lowest BCUT2D eigenvalue weighted by atomic mass is 9.86. The molecule has 27 heavy (non-hydrogen) atoms. The fraction of sp³-hybridized carbons (Fsp3) is 0.440. The van der Waals surface area contributed by atoms with Crippen molar-refractivity contribution in [2.75, 3.05) is 19.0 Å². The first-order chi connectivity index (χ1) is 12.5. The Bertz CT molecular complexity index is 1100. The highest BCUT2D eigenvalue weighted by molar-refractivity contribution is 5.83. The summed E-state index contributed by atoms with van der Waals surface area (Å²) in [5.74, 6) is 2.06. The van der Waals surface area contributed by atoms with E-state index in [1.54, 1.807) is 0 Å². The van der Waals surface area contributed by atoms with E-state index in [9.17, 15) is 0 Å². The van der Waals surface area contributed by atoms with Crippen LogP contribution in [-0.4, -0.2) is 14.1 Å². The zero-order chi connectivity index (χ0) is 20.4. The summed E-state index contributed by atoms with van der Waals surface area (Å²) in [6, 6.07) is 0. The average molecular weight is 364 g/mol. The molecule has 0 amide bonds. The Morgan fingerprint density at radius 1 is 0.667 bits per heavy atom. The molecule has 1 aliphatic rings. The minimum absolute atomic E-state index is 1.03. The van der Waals surface area contributed by atoms with Gasteiger partial charge in [0.15, 0.2) is 0 Å². The molecule has 0 N–H and O–H groups in total. The zero-order valence-corrected chi connectivity index (χ0v) is 18.9. The van der Waals surface area contributed by atoms with Gasteiger partial charge in [0.2, 0.25) is 0 Å². The van der Waals surface area contributed by atoms with Gasteiger partial charge in [-0.05, 0) is 101 Å². The van der Waals surface area contributed by atoms with E-state index >= 15 is 0 Å². The second kappa shape index (κ2) is 6.44. The Labute approximate surface area is 164 Å². The number of fused-ring (bicyclic) bond motifs is 2. The molecule has 2 heteroatoms. The lowest BCUT2D eigenvalue weighted by molar-refractivity contribution is 0.462. The van der Waals surface area contributed by atoms with Gasteiger partial charge in [-0.1, -0.05) is 5.57 Å². The number of ether oxygens (including phenoxy) is 1. The van der Waals surface area contributed by atoms with Crippen molar-refractivity contribution >= 4 is 16.8 Å². The summed E-state index contributed by atoms with van der Waals surface area (Å²) in [7, 11) is 4.22. The van der Waals surface area contributed by atoms with Crippen molar-refractivity contribution in [3.05, 3.63) is 49.4 Å². The van der Waals surface area contributed by atoms with Crippen LogP contribution in [0, 0.1) is 41.5 Å². The highest BCUT2D eigenvalue weighted by Gasteiger charge is 2.27. The fourth-order valence-corrected chi connectivity index (χ4v) is 5.05. The van der Waals surface area contributed by atoms with E-state index in [1.165, 1.54) is 66.2 Å². The van der Waals surface area contributed by atoms with Crippen LogP contribution >= 0.6 is 0 Å². The molecule has 2 aromatic rings. The maximum absolute atomic E-state index is 6.70. The molecule has 3 rings (SSSR count). The molecule has 0 fully saturated rings. The Hall–Kier alpha value is -2.22. The number of hydrogen-bond donors (Lipinski definition) is 0.